The number of nitro groups is 1. The van der Waals surface area contributed by atoms with Crippen LogP contribution in [0.2, 0.25) is 0 Å². The van der Waals surface area contributed by atoms with Crippen LogP contribution in [-0.4, -0.2) is 26.4 Å². The third-order valence-corrected chi connectivity index (χ3v) is 3.00. The van der Waals surface area contributed by atoms with Crippen molar-refractivity contribution in [1.29, 1.82) is 0 Å². The highest BCUT2D eigenvalue weighted by Crippen LogP contribution is 2.18. The Morgan fingerprint density at radius 2 is 1.27 bits per heavy atom. The Bertz CT molecular complexity index is 1040. The lowest BCUT2D eigenvalue weighted by Crippen LogP contribution is -2.29. The quantitative estimate of drug-likeness (QED) is 0.439. The van der Waals surface area contributed by atoms with Gasteiger partial charge >= 0.3 is 12.4 Å². The number of aromatic nitrogens is 2. The SMILES string of the molecule is Nc1cc(F)c(=O)n(CC(F)(F)F)c1.O=c1c(F)cc([N+](=O)[O-])cn1CC(F)(F)F. The fourth-order valence-corrected chi connectivity index (χ4v) is 1.93. The van der Waals surface area contributed by atoms with E-state index >= 15 is 0 Å². The molecule has 0 spiro atoms. The highest BCUT2D eigenvalue weighted by molar-refractivity contribution is 5.34. The van der Waals surface area contributed by atoms with Crippen molar-refractivity contribution in [3.8, 4) is 0 Å². The minimum Gasteiger partial charge on any atom is -0.397 e. The van der Waals surface area contributed by atoms with Gasteiger partial charge in [0.15, 0.2) is 11.6 Å². The summed E-state index contributed by atoms with van der Waals surface area (Å²) in [5.74, 6) is -2.90. The lowest BCUT2D eigenvalue weighted by molar-refractivity contribution is -0.385. The summed E-state index contributed by atoms with van der Waals surface area (Å²) in [6.45, 7) is -3.32. The highest BCUT2D eigenvalue weighted by atomic mass is 19.4. The summed E-state index contributed by atoms with van der Waals surface area (Å²) in [5.41, 5.74) is 1.05. The van der Waals surface area contributed by atoms with Crippen LogP contribution in [0.25, 0.3) is 0 Å². The van der Waals surface area contributed by atoms with Gasteiger partial charge in [-0.1, -0.05) is 0 Å². The predicted molar refractivity (Wildman–Crippen MR) is 84.5 cm³/mol. The molecule has 0 aliphatic rings. The molecule has 2 N–H and O–H groups in total. The minimum atomic E-state index is -4.76. The Hall–Kier alpha value is -3.46. The molecule has 0 saturated heterocycles. The van der Waals surface area contributed by atoms with Crippen molar-refractivity contribution < 1.29 is 40.0 Å². The van der Waals surface area contributed by atoms with Crippen LogP contribution in [-0.2, 0) is 13.1 Å². The van der Waals surface area contributed by atoms with Gasteiger partial charge in [-0.3, -0.25) is 24.3 Å². The van der Waals surface area contributed by atoms with Gasteiger partial charge in [0.05, 0.1) is 22.9 Å². The maximum atomic E-state index is 12.8. The maximum absolute atomic E-state index is 12.8. The Balaban J connectivity index is 0.000000303. The minimum absolute atomic E-state index is 0.0898. The lowest BCUT2D eigenvalue weighted by atomic mass is 10.4. The van der Waals surface area contributed by atoms with Crippen molar-refractivity contribution in [1.82, 2.24) is 9.13 Å². The second-order valence-electron chi connectivity index (χ2n) is 5.52. The van der Waals surface area contributed by atoms with Crippen molar-refractivity contribution in [2.45, 2.75) is 25.4 Å². The zero-order valence-electron chi connectivity index (χ0n) is 14.3. The summed E-state index contributed by atoms with van der Waals surface area (Å²) in [6, 6.07) is 0.949. The van der Waals surface area contributed by atoms with Gasteiger partial charge in [0.1, 0.15) is 13.1 Å². The molecule has 0 aromatic carbocycles. The highest BCUT2D eigenvalue weighted by Gasteiger charge is 2.30. The molecule has 0 radical (unpaired) electrons. The zero-order chi connectivity index (χ0) is 23.4. The average Bonchev–Trinajstić information content (AvgIpc) is 2.54. The molecule has 30 heavy (non-hydrogen) atoms. The summed E-state index contributed by atoms with van der Waals surface area (Å²) < 4.78 is 96.9. The standard InChI is InChI=1S/C7H4F4N2O3.C7H6F4N2O/c8-5-1-4(13(15)16)2-12(6(5)14)3-7(9,10)11;8-5-1-4(12)2-13(6(5)14)3-7(9,10)11/h1-2H,3H2;1-2H,3,12H2. The van der Waals surface area contributed by atoms with Gasteiger partial charge in [-0.25, -0.2) is 8.78 Å². The Morgan fingerprint density at radius 3 is 1.67 bits per heavy atom. The summed E-state index contributed by atoms with van der Waals surface area (Å²) in [6.07, 6.45) is -8.24. The van der Waals surface area contributed by atoms with E-state index in [1.54, 1.807) is 0 Å². The first-order valence-corrected chi connectivity index (χ1v) is 7.33. The third kappa shape index (κ3) is 7.51. The lowest BCUT2D eigenvalue weighted by Gasteiger charge is -2.09. The molecular formula is C14H10F8N4O4. The molecule has 0 fully saturated rings. The van der Waals surface area contributed by atoms with Crippen LogP contribution in [0.1, 0.15) is 0 Å². The Labute approximate surface area is 159 Å². The van der Waals surface area contributed by atoms with Crippen molar-refractivity contribution in [2.75, 3.05) is 5.73 Å². The summed E-state index contributed by atoms with van der Waals surface area (Å²) >= 11 is 0. The molecule has 0 unspecified atom stereocenters. The summed E-state index contributed by atoms with van der Waals surface area (Å²) in [5, 5.41) is 10.2. The normalized spacial score (nSPS) is 11.6. The van der Waals surface area contributed by atoms with Crippen molar-refractivity contribution in [3.63, 3.8) is 0 Å². The largest absolute Gasteiger partial charge is 0.406 e. The van der Waals surface area contributed by atoms with Crippen molar-refractivity contribution >= 4 is 11.4 Å². The van der Waals surface area contributed by atoms with Crippen LogP contribution in [0.3, 0.4) is 0 Å². The number of rotatable bonds is 3. The molecule has 166 valence electrons. The van der Waals surface area contributed by atoms with E-state index in [1.165, 1.54) is 0 Å². The monoisotopic (exact) mass is 450 g/mol. The molecule has 2 aromatic rings. The number of hydrogen-bond acceptors (Lipinski definition) is 5. The predicted octanol–water partition coefficient (Wildman–Crippen LogP) is 2.59. The topological polar surface area (TPSA) is 113 Å². The van der Waals surface area contributed by atoms with E-state index in [0.717, 1.165) is 6.20 Å². The summed E-state index contributed by atoms with van der Waals surface area (Å²) in [7, 11) is 0. The molecule has 0 saturated carbocycles. The van der Waals surface area contributed by atoms with E-state index in [1.807, 2.05) is 0 Å². The maximum Gasteiger partial charge on any atom is 0.406 e. The van der Waals surface area contributed by atoms with Crippen LogP contribution in [0, 0.1) is 21.7 Å². The van der Waals surface area contributed by atoms with Gasteiger partial charge in [0.2, 0.25) is 0 Å². The van der Waals surface area contributed by atoms with E-state index in [2.05, 4.69) is 0 Å². The fourth-order valence-electron chi connectivity index (χ4n) is 1.93. The van der Waals surface area contributed by atoms with E-state index in [9.17, 15) is 54.8 Å². The van der Waals surface area contributed by atoms with Gasteiger partial charge in [-0.2, -0.15) is 26.3 Å². The van der Waals surface area contributed by atoms with E-state index in [0.29, 0.717) is 12.3 Å². The average molecular weight is 450 g/mol. The molecule has 8 nitrogen and oxygen atoms in total. The molecule has 2 rings (SSSR count). The number of halogens is 8. The van der Waals surface area contributed by atoms with Gasteiger partial charge in [0.25, 0.3) is 16.8 Å². The fraction of sp³-hybridized carbons (Fsp3) is 0.286. The molecule has 0 amide bonds. The Kier molecular flexibility index (Phi) is 7.30. The molecule has 0 aliphatic carbocycles. The molecule has 16 heteroatoms. The third-order valence-electron chi connectivity index (χ3n) is 3.00. The van der Waals surface area contributed by atoms with Crippen LogP contribution in [0.15, 0.2) is 34.1 Å². The first kappa shape index (κ1) is 24.6. The van der Waals surface area contributed by atoms with E-state index in [4.69, 9.17) is 5.73 Å². The van der Waals surface area contributed by atoms with Crippen LogP contribution in [0.4, 0.5) is 46.5 Å². The Morgan fingerprint density at radius 1 is 0.867 bits per heavy atom. The van der Waals surface area contributed by atoms with Crippen LogP contribution in [0.5, 0.6) is 0 Å². The molecule has 0 aliphatic heterocycles. The van der Waals surface area contributed by atoms with Gasteiger partial charge < -0.3 is 10.3 Å². The number of nitrogen functional groups attached to an aromatic ring is 1. The van der Waals surface area contributed by atoms with Gasteiger partial charge in [-0.05, 0) is 0 Å². The number of anilines is 1. The second-order valence-corrected chi connectivity index (χ2v) is 5.52. The van der Waals surface area contributed by atoms with Gasteiger partial charge in [0, 0.05) is 12.3 Å². The van der Waals surface area contributed by atoms with Crippen molar-refractivity contribution in [3.05, 3.63) is 67.0 Å². The molecule has 0 atom stereocenters. The number of nitrogens with zero attached hydrogens (tertiary/aromatic N) is 3. The van der Waals surface area contributed by atoms with Gasteiger partial charge in [-0.15, -0.1) is 0 Å². The summed E-state index contributed by atoms with van der Waals surface area (Å²) in [4.78, 5) is 30.9. The molecular weight excluding hydrogens is 440 g/mol. The van der Waals surface area contributed by atoms with Crippen LogP contribution >= 0.6 is 0 Å². The van der Waals surface area contributed by atoms with E-state index in [-0.39, 0.29) is 20.9 Å². The number of pyridine rings is 2. The van der Waals surface area contributed by atoms with Crippen molar-refractivity contribution in [2.24, 2.45) is 0 Å². The van der Waals surface area contributed by atoms with Crippen LogP contribution < -0.4 is 16.9 Å². The first-order valence-electron chi connectivity index (χ1n) is 7.33. The zero-order valence-corrected chi connectivity index (χ0v) is 14.3. The molecule has 2 heterocycles. The smallest absolute Gasteiger partial charge is 0.397 e. The number of nitrogens with two attached hydrogens (primary N) is 1. The molecule has 2 aromatic heterocycles. The molecule has 0 bridgehead atoms. The number of hydrogen-bond donors (Lipinski definition) is 1. The van der Waals surface area contributed by atoms with E-state index < -0.39 is 58.8 Å². The first-order chi connectivity index (χ1) is 13.5. The second kappa shape index (κ2) is 8.91. The number of alkyl halides is 6.